The lowest BCUT2D eigenvalue weighted by Gasteiger charge is -2.47. The SMILES string of the molecule is CC(C)(C)c1cc(-c2ccccc2)c(N2c3cc(-n4c5ccc6cccc7c8cccc9ccc4c(c98)c5c67)ccc3B3c4ccc(-n5c6ccc7cccc8c9cccc%10ccc5c(c%109)c6c78)cc4N(c4c(-c5ccc6c(c5)sc5ccccc56)cc(C(C)(C)C)cc4-c4ccc5c(c4)sc4ccccc45)c4cc(C(C)(C)C)cc2c43)c(-c2ccccc2)c1. The first-order chi connectivity index (χ1) is 60.9. The third kappa shape index (κ3) is 9.99. The van der Waals surface area contributed by atoms with Crippen LogP contribution < -0.4 is 26.2 Å². The van der Waals surface area contributed by atoms with Crippen LogP contribution in [0.3, 0.4) is 0 Å². The van der Waals surface area contributed by atoms with Crippen LogP contribution in [0.15, 0.2) is 340 Å². The minimum atomic E-state index is -0.388. The fourth-order valence-electron chi connectivity index (χ4n) is 22.6. The van der Waals surface area contributed by atoms with Crippen LogP contribution in [0.25, 0.3) is 204 Å². The van der Waals surface area contributed by atoms with Crippen LogP contribution in [0.4, 0.5) is 34.1 Å². The standard InChI is InChI=1S/C118H83BN4S2/c1-116(2,3)74-58-87(66-24-12-10-13-25-66)114(88(59-74)67-26-14-11-15-27-67)122-97-64-77(120-93-52-42-68-28-20-34-83-84-35-21-29-69-43-53-94(120)110(106(69)84)109(93)105(68)83)46-50-91(97)119-92-51-47-78(121-95-54-44-70-30-22-36-85-86-37-23-31-71-45-55-96(121)112(108(71)86)111(95)107(70)85)65-98(92)123(100-63-76(118(7,8)9)62-99(122)113(100)119)115-89(72-40-48-81-79-32-16-18-38-101(79)124-103(81)56-72)60-75(117(4,5)6)61-90(115)73-41-49-82-80-33-17-19-39-102(80)125-104(82)57-73/h10-65H,1-9H3. The van der Waals surface area contributed by atoms with Gasteiger partial charge in [0.1, 0.15) is 0 Å². The molecule has 21 aromatic carbocycles. The highest BCUT2D eigenvalue weighted by Gasteiger charge is 2.47. The largest absolute Gasteiger partial charge is 0.310 e. The van der Waals surface area contributed by atoms with E-state index in [0.29, 0.717) is 0 Å². The summed E-state index contributed by atoms with van der Waals surface area (Å²) in [5, 5.41) is 25.9. The van der Waals surface area contributed by atoms with Gasteiger partial charge in [0.2, 0.25) is 0 Å². The van der Waals surface area contributed by atoms with Crippen LogP contribution in [-0.2, 0) is 16.2 Å². The maximum absolute atomic E-state index is 2.82. The van der Waals surface area contributed by atoms with E-state index in [4.69, 9.17) is 0 Å². The Bertz CT molecular complexity index is 8540. The van der Waals surface area contributed by atoms with Gasteiger partial charge in [0.05, 0.1) is 33.4 Å². The van der Waals surface area contributed by atoms with E-state index in [1.807, 2.05) is 22.7 Å². The van der Waals surface area contributed by atoms with Gasteiger partial charge >= 0.3 is 0 Å². The van der Waals surface area contributed by atoms with Crippen LogP contribution in [-0.4, -0.2) is 15.8 Å². The Hall–Kier alpha value is -14.1. The van der Waals surface area contributed by atoms with Crippen LogP contribution in [0.1, 0.15) is 79.0 Å². The molecule has 7 heteroatoms. The van der Waals surface area contributed by atoms with Gasteiger partial charge in [-0.05, 0) is 245 Å². The Labute approximate surface area is 732 Å². The van der Waals surface area contributed by atoms with Crippen molar-refractivity contribution in [3.8, 4) is 55.9 Å². The van der Waals surface area contributed by atoms with E-state index in [2.05, 4.69) is 421 Å². The highest BCUT2D eigenvalue weighted by molar-refractivity contribution is 7.26. The fraction of sp³-hybridized carbons (Fsp3) is 0.102. The second-order valence-electron chi connectivity index (χ2n) is 38.6. The van der Waals surface area contributed by atoms with Crippen LogP contribution >= 0.6 is 22.7 Å². The molecule has 0 atom stereocenters. The average molecular weight is 1630 g/mol. The molecule has 0 saturated carbocycles. The molecule has 0 saturated heterocycles. The molecule has 0 amide bonds. The Morgan fingerprint density at radius 1 is 0.232 bits per heavy atom. The van der Waals surface area contributed by atoms with Gasteiger partial charge in [-0.25, -0.2) is 0 Å². The van der Waals surface area contributed by atoms with Crippen molar-refractivity contribution in [2.75, 3.05) is 9.80 Å². The number of rotatable bonds is 8. The zero-order valence-electron chi connectivity index (χ0n) is 71.0. The zero-order valence-corrected chi connectivity index (χ0v) is 72.6. The van der Waals surface area contributed by atoms with Crippen molar-refractivity contribution in [1.82, 2.24) is 9.13 Å². The van der Waals surface area contributed by atoms with Gasteiger partial charge in [-0.15, -0.1) is 22.7 Å². The van der Waals surface area contributed by atoms with E-state index >= 15 is 0 Å². The molecule has 25 aromatic rings. The summed E-state index contributed by atoms with van der Waals surface area (Å²) in [6, 6.07) is 133. The summed E-state index contributed by atoms with van der Waals surface area (Å²) in [6.07, 6.45) is 0. The predicted octanol–water partition coefficient (Wildman–Crippen LogP) is 31.9. The molecule has 0 fully saturated rings. The number of hydrogen-bond donors (Lipinski definition) is 0. The van der Waals surface area contributed by atoms with Crippen molar-refractivity contribution < 1.29 is 0 Å². The number of anilines is 6. The first-order valence-corrected chi connectivity index (χ1v) is 45.8. The van der Waals surface area contributed by atoms with E-state index in [9.17, 15) is 0 Å². The van der Waals surface area contributed by atoms with Gasteiger partial charge in [0.25, 0.3) is 6.71 Å². The summed E-state index contributed by atoms with van der Waals surface area (Å²) in [7, 11) is 0. The first kappa shape index (κ1) is 71.5. The Morgan fingerprint density at radius 2 is 0.552 bits per heavy atom. The molecule has 125 heavy (non-hydrogen) atoms. The Morgan fingerprint density at radius 3 is 0.912 bits per heavy atom. The molecule has 2 aliphatic heterocycles. The maximum atomic E-state index is 2.82. The lowest BCUT2D eigenvalue weighted by atomic mass is 9.33. The normalized spacial score (nSPS) is 13.4. The molecule has 0 radical (unpaired) electrons. The van der Waals surface area contributed by atoms with E-state index < -0.39 is 0 Å². The molecule has 2 aliphatic rings. The van der Waals surface area contributed by atoms with E-state index in [-0.39, 0.29) is 23.0 Å². The number of aromatic nitrogens is 2. The molecular weight excluding hydrogens is 1550 g/mol. The van der Waals surface area contributed by atoms with Crippen molar-refractivity contribution in [3.05, 3.63) is 356 Å². The third-order valence-electron chi connectivity index (χ3n) is 28.5. The first-order valence-electron chi connectivity index (χ1n) is 44.1. The molecule has 0 N–H and O–H groups in total. The smallest absolute Gasteiger partial charge is 0.252 e. The van der Waals surface area contributed by atoms with Crippen molar-refractivity contribution in [2.45, 2.75) is 78.6 Å². The molecule has 0 spiro atoms. The quantitative estimate of drug-likeness (QED) is 0.0856. The van der Waals surface area contributed by atoms with Crippen molar-refractivity contribution in [3.63, 3.8) is 0 Å². The fourth-order valence-corrected chi connectivity index (χ4v) is 24.9. The van der Waals surface area contributed by atoms with Crippen molar-refractivity contribution in [2.24, 2.45) is 0 Å². The molecule has 4 aromatic heterocycles. The second kappa shape index (κ2) is 25.3. The highest BCUT2D eigenvalue weighted by atomic mass is 32.1. The average Bonchev–Trinajstić information content (AvgIpc) is 1.61. The minimum absolute atomic E-state index is 0.226. The summed E-state index contributed by atoms with van der Waals surface area (Å²) in [5.74, 6) is 0. The number of nitrogens with zero attached hydrogens (tertiary/aromatic N) is 4. The summed E-state index contributed by atoms with van der Waals surface area (Å²) in [6.45, 7) is 21.4. The lowest BCUT2D eigenvalue weighted by Crippen LogP contribution is -2.61. The van der Waals surface area contributed by atoms with Crippen LogP contribution in [0.5, 0.6) is 0 Å². The highest BCUT2D eigenvalue weighted by Crippen LogP contribution is 2.59. The second-order valence-corrected chi connectivity index (χ2v) is 40.8. The molecule has 4 nitrogen and oxygen atoms in total. The minimum Gasteiger partial charge on any atom is -0.310 e. The Balaban J connectivity index is 0.826. The maximum Gasteiger partial charge on any atom is 0.252 e. The van der Waals surface area contributed by atoms with Crippen molar-refractivity contribution >= 4 is 228 Å². The van der Waals surface area contributed by atoms with Gasteiger partial charge in [-0.3, -0.25) is 0 Å². The van der Waals surface area contributed by atoms with Gasteiger partial charge in [0.15, 0.2) is 0 Å². The van der Waals surface area contributed by atoms with Gasteiger partial charge in [-0.2, -0.15) is 0 Å². The molecular formula is C118H83BN4S2. The summed E-state index contributed by atoms with van der Waals surface area (Å²) in [4.78, 5) is 5.61. The van der Waals surface area contributed by atoms with Crippen LogP contribution in [0, 0.1) is 0 Å². The van der Waals surface area contributed by atoms with Gasteiger partial charge < -0.3 is 18.9 Å². The predicted molar refractivity (Wildman–Crippen MR) is 543 cm³/mol. The van der Waals surface area contributed by atoms with Crippen molar-refractivity contribution in [1.29, 1.82) is 0 Å². The van der Waals surface area contributed by atoms with Gasteiger partial charge in [0, 0.05) is 118 Å². The van der Waals surface area contributed by atoms with Gasteiger partial charge in [-0.1, -0.05) is 293 Å². The molecule has 0 bridgehead atoms. The molecule has 27 rings (SSSR count). The monoisotopic (exact) mass is 1630 g/mol. The van der Waals surface area contributed by atoms with Crippen LogP contribution in [0.2, 0.25) is 0 Å². The molecule has 590 valence electrons. The molecule has 6 heterocycles. The van der Waals surface area contributed by atoms with E-state index in [1.54, 1.807) is 0 Å². The topological polar surface area (TPSA) is 16.3 Å². The lowest BCUT2D eigenvalue weighted by molar-refractivity contribution is 0.590. The summed E-state index contributed by atoms with van der Waals surface area (Å²) < 4.78 is 10.4. The number of benzene rings is 21. The zero-order chi connectivity index (χ0) is 83.3. The van der Waals surface area contributed by atoms with E-state index in [0.717, 1.165) is 56.6 Å². The number of fused-ring (bicyclic) bond motifs is 12. The third-order valence-corrected chi connectivity index (χ3v) is 30.8. The summed E-state index contributed by atoms with van der Waals surface area (Å²) in [5.41, 5.74) is 29.9. The van der Waals surface area contributed by atoms with E-state index in [1.165, 1.54) is 215 Å². The molecule has 0 aliphatic carbocycles. The Kier molecular flexibility index (Phi) is 14.5. The number of thiophene rings is 2. The molecule has 0 unspecified atom stereocenters. The summed E-state index contributed by atoms with van der Waals surface area (Å²) >= 11 is 3.80. The number of hydrogen-bond acceptors (Lipinski definition) is 4.